The number of amides is 1. The fourth-order valence-corrected chi connectivity index (χ4v) is 2.19. The van der Waals surface area contributed by atoms with Crippen molar-refractivity contribution in [1.82, 2.24) is 10.3 Å². The van der Waals surface area contributed by atoms with Crippen molar-refractivity contribution in [3.63, 3.8) is 0 Å². The summed E-state index contributed by atoms with van der Waals surface area (Å²) in [4.78, 5) is 15.8. The molecule has 0 radical (unpaired) electrons. The van der Waals surface area contributed by atoms with Crippen LogP contribution in [0.5, 0.6) is 0 Å². The fourth-order valence-electron chi connectivity index (χ4n) is 2.19. The van der Waals surface area contributed by atoms with E-state index in [1.807, 2.05) is 6.92 Å². The van der Waals surface area contributed by atoms with E-state index in [1.165, 1.54) is 12.3 Å². The van der Waals surface area contributed by atoms with Gasteiger partial charge in [0.15, 0.2) is 11.6 Å². The van der Waals surface area contributed by atoms with Crippen molar-refractivity contribution >= 4 is 11.7 Å². The van der Waals surface area contributed by atoms with E-state index in [0.717, 1.165) is 12.8 Å². The van der Waals surface area contributed by atoms with Crippen LogP contribution in [0.15, 0.2) is 12.3 Å². The van der Waals surface area contributed by atoms with Gasteiger partial charge in [-0.3, -0.25) is 4.79 Å². The van der Waals surface area contributed by atoms with Gasteiger partial charge in [0.05, 0.1) is 5.56 Å². The first kappa shape index (κ1) is 12.8. The van der Waals surface area contributed by atoms with Crippen molar-refractivity contribution in [2.45, 2.75) is 32.7 Å². The van der Waals surface area contributed by atoms with Crippen molar-refractivity contribution in [2.75, 3.05) is 11.9 Å². The molecule has 1 aliphatic carbocycles. The molecule has 0 spiro atoms. The molecule has 1 aromatic rings. The van der Waals surface area contributed by atoms with Crippen molar-refractivity contribution in [2.24, 2.45) is 5.92 Å². The Morgan fingerprint density at radius 1 is 1.56 bits per heavy atom. The quantitative estimate of drug-likeness (QED) is 0.862. The van der Waals surface area contributed by atoms with Gasteiger partial charge in [-0.2, -0.15) is 0 Å². The van der Waals surface area contributed by atoms with Gasteiger partial charge in [-0.25, -0.2) is 9.37 Å². The molecule has 5 heteroatoms. The number of pyridine rings is 1. The molecule has 4 nitrogen and oxygen atoms in total. The van der Waals surface area contributed by atoms with Crippen LogP contribution in [0.1, 0.15) is 37.0 Å². The van der Waals surface area contributed by atoms with Crippen LogP contribution in [0, 0.1) is 11.7 Å². The Morgan fingerprint density at radius 3 is 2.89 bits per heavy atom. The summed E-state index contributed by atoms with van der Waals surface area (Å²) >= 11 is 0. The molecule has 0 aromatic carbocycles. The average molecular weight is 251 g/mol. The van der Waals surface area contributed by atoms with Gasteiger partial charge in [0, 0.05) is 18.8 Å². The third-order valence-electron chi connectivity index (χ3n) is 3.19. The number of hydrogen-bond acceptors (Lipinski definition) is 3. The summed E-state index contributed by atoms with van der Waals surface area (Å²) in [7, 11) is 0. The second-order valence-corrected chi connectivity index (χ2v) is 4.80. The number of aromatic nitrogens is 1. The number of anilines is 1. The molecule has 1 aromatic heterocycles. The van der Waals surface area contributed by atoms with Gasteiger partial charge in [-0.1, -0.05) is 6.92 Å². The van der Waals surface area contributed by atoms with Crippen LogP contribution in [-0.4, -0.2) is 23.5 Å². The van der Waals surface area contributed by atoms with E-state index in [2.05, 4.69) is 22.5 Å². The molecule has 0 saturated heterocycles. The molecular formula is C13H18FN3O. The van der Waals surface area contributed by atoms with Crippen molar-refractivity contribution in [3.8, 4) is 0 Å². The van der Waals surface area contributed by atoms with E-state index in [-0.39, 0.29) is 23.3 Å². The van der Waals surface area contributed by atoms with Crippen LogP contribution in [-0.2, 0) is 0 Å². The third kappa shape index (κ3) is 2.60. The first-order valence-electron chi connectivity index (χ1n) is 6.31. The predicted molar refractivity (Wildman–Crippen MR) is 68.0 cm³/mol. The van der Waals surface area contributed by atoms with Gasteiger partial charge in [-0.05, 0) is 31.7 Å². The molecule has 1 saturated carbocycles. The Hall–Kier alpha value is -1.65. The van der Waals surface area contributed by atoms with Crippen molar-refractivity contribution in [1.29, 1.82) is 0 Å². The standard InChI is InChI=1S/C13H18FN3O/c1-3-15-12-11(14)10(4-5-16-12)13(18)17-9-6-8(2)7-9/h4-5,8-9H,3,6-7H2,1-2H3,(H,15,16)(H,17,18). The van der Waals surface area contributed by atoms with Crippen LogP contribution in [0.25, 0.3) is 0 Å². The minimum atomic E-state index is -0.579. The molecule has 1 heterocycles. The molecule has 98 valence electrons. The number of halogens is 1. The Balaban J connectivity index is 2.07. The molecule has 0 unspecified atom stereocenters. The monoisotopic (exact) mass is 251 g/mol. The van der Waals surface area contributed by atoms with Gasteiger partial charge in [0.25, 0.3) is 5.91 Å². The second-order valence-electron chi connectivity index (χ2n) is 4.80. The number of carbonyl (C=O) groups is 1. The highest BCUT2D eigenvalue weighted by molar-refractivity contribution is 5.95. The summed E-state index contributed by atoms with van der Waals surface area (Å²) in [5.41, 5.74) is 0.0560. The maximum Gasteiger partial charge on any atom is 0.254 e. The van der Waals surface area contributed by atoms with E-state index in [4.69, 9.17) is 0 Å². The molecule has 0 aliphatic heterocycles. The third-order valence-corrected chi connectivity index (χ3v) is 3.19. The maximum absolute atomic E-state index is 14.0. The molecule has 18 heavy (non-hydrogen) atoms. The summed E-state index contributed by atoms with van der Waals surface area (Å²) in [5.74, 6) is -0.155. The summed E-state index contributed by atoms with van der Waals surface area (Å²) in [6, 6.07) is 1.59. The number of rotatable bonds is 4. The Kier molecular flexibility index (Phi) is 3.79. The highest BCUT2D eigenvalue weighted by atomic mass is 19.1. The lowest BCUT2D eigenvalue weighted by Crippen LogP contribution is -2.43. The van der Waals surface area contributed by atoms with Crippen LogP contribution in [0.3, 0.4) is 0 Å². The first-order valence-corrected chi connectivity index (χ1v) is 6.31. The number of carbonyl (C=O) groups excluding carboxylic acids is 1. The number of nitrogens with one attached hydrogen (secondary N) is 2. The topological polar surface area (TPSA) is 54.0 Å². The van der Waals surface area contributed by atoms with Gasteiger partial charge in [0.2, 0.25) is 0 Å². The zero-order valence-electron chi connectivity index (χ0n) is 10.7. The lowest BCUT2D eigenvalue weighted by Gasteiger charge is -2.33. The van der Waals surface area contributed by atoms with Crippen LogP contribution >= 0.6 is 0 Å². The minimum absolute atomic E-state index is 0.0560. The minimum Gasteiger partial charge on any atom is -0.368 e. The summed E-state index contributed by atoms with van der Waals surface area (Å²) in [6.45, 7) is 4.55. The zero-order chi connectivity index (χ0) is 13.1. The van der Waals surface area contributed by atoms with Crippen molar-refractivity contribution < 1.29 is 9.18 Å². The molecule has 0 bridgehead atoms. The number of nitrogens with zero attached hydrogens (tertiary/aromatic N) is 1. The van der Waals surface area contributed by atoms with Gasteiger partial charge < -0.3 is 10.6 Å². The molecule has 0 atom stereocenters. The van der Waals surface area contributed by atoms with Crippen molar-refractivity contribution in [3.05, 3.63) is 23.6 Å². The highest BCUT2D eigenvalue weighted by Gasteiger charge is 2.28. The predicted octanol–water partition coefficient (Wildman–Crippen LogP) is 2.18. The molecule has 1 aliphatic rings. The number of hydrogen-bond donors (Lipinski definition) is 2. The van der Waals surface area contributed by atoms with Crippen LogP contribution in [0.4, 0.5) is 10.2 Å². The molecule has 1 fully saturated rings. The summed E-state index contributed by atoms with van der Waals surface area (Å²) in [5, 5.41) is 5.63. The molecule has 2 N–H and O–H groups in total. The maximum atomic E-state index is 14.0. The summed E-state index contributed by atoms with van der Waals surface area (Å²) in [6.07, 6.45) is 3.39. The summed E-state index contributed by atoms with van der Waals surface area (Å²) < 4.78 is 14.0. The molecular weight excluding hydrogens is 233 g/mol. The van der Waals surface area contributed by atoms with Crippen LogP contribution in [0.2, 0.25) is 0 Å². The Labute approximate surface area is 106 Å². The van der Waals surface area contributed by atoms with Crippen LogP contribution < -0.4 is 10.6 Å². The Bertz CT molecular complexity index is 444. The van der Waals surface area contributed by atoms with E-state index in [9.17, 15) is 9.18 Å². The normalized spacial score (nSPS) is 22.2. The van der Waals surface area contributed by atoms with E-state index >= 15 is 0 Å². The first-order chi connectivity index (χ1) is 8.61. The van der Waals surface area contributed by atoms with E-state index in [1.54, 1.807) is 0 Å². The SMILES string of the molecule is CCNc1nccc(C(=O)NC2CC(C)C2)c1F. The van der Waals surface area contributed by atoms with Gasteiger partial charge >= 0.3 is 0 Å². The zero-order valence-corrected chi connectivity index (χ0v) is 10.7. The average Bonchev–Trinajstić information content (AvgIpc) is 2.30. The second kappa shape index (κ2) is 5.33. The van der Waals surface area contributed by atoms with E-state index < -0.39 is 5.82 Å². The largest absolute Gasteiger partial charge is 0.368 e. The fraction of sp³-hybridized carbons (Fsp3) is 0.538. The Morgan fingerprint density at radius 2 is 2.28 bits per heavy atom. The van der Waals surface area contributed by atoms with Gasteiger partial charge in [-0.15, -0.1) is 0 Å². The molecule has 2 rings (SSSR count). The smallest absolute Gasteiger partial charge is 0.254 e. The molecule has 1 amide bonds. The van der Waals surface area contributed by atoms with Gasteiger partial charge in [0.1, 0.15) is 0 Å². The lowest BCUT2D eigenvalue weighted by molar-refractivity contribution is 0.0892. The lowest BCUT2D eigenvalue weighted by atomic mass is 9.82. The van der Waals surface area contributed by atoms with E-state index in [0.29, 0.717) is 12.5 Å². The highest BCUT2D eigenvalue weighted by Crippen LogP contribution is 2.26.